The summed E-state index contributed by atoms with van der Waals surface area (Å²) < 4.78 is 9.98. The molecular formula is C13H21N3O3. The zero-order valence-electron chi connectivity index (χ0n) is 11.5. The average Bonchev–Trinajstić information content (AvgIpc) is 2.87. The number of hydrogen-bond acceptors (Lipinski definition) is 5. The van der Waals surface area contributed by atoms with E-state index in [1.807, 2.05) is 4.90 Å². The van der Waals surface area contributed by atoms with E-state index in [0.717, 1.165) is 13.0 Å². The molecule has 1 aromatic heterocycles. The van der Waals surface area contributed by atoms with Gasteiger partial charge in [0, 0.05) is 26.3 Å². The van der Waals surface area contributed by atoms with Crippen molar-refractivity contribution < 1.29 is 14.1 Å². The van der Waals surface area contributed by atoms with E-state index in [-0.39, 0.29) is 5.91 Å². The van der Waals surface area contributed by atoms with Gasteiger partial charge in [-0.3, -0.25) is 4.79 Å². The molecule has 0 aliphatic carbocycles. The zero-order valence-corrected chi connectivity index (χ0v) is 11.5. The lowest BCUT2D eigenvalue weighted by molar-refractivity contribution is 0.0608. The minimum Gasteiger partial charge on any atom is -0.377 e. The van der Waals surface area contributed by atoms with Crippen molar-refractivity contribution in [1.82, 2.24) is 10.1 Å². The quantitative estimate of drug-likeness (QED) is 0.875. The van der Waals surface area contributed by atoms with Gasteiger partial charge in [0.2, 0.25) is 0 Å². The number of nitrogens with zero attached hydrogens (tertiary/aromatic N) is 2. The van der Waals surface area contributed by atoms with E-state index >= 15 is 0 Å². The van der Waals surface area contributed by atoms with Gasteiger partial charge >= 0.3 is 0 Å². The maximum absolute atomic E-state index is 12.3. The highest BCUT2D eigenvalue weighted by atomic mass is 16.5. The molecule has 1 amide bonds. The topological polar surface area (TPSA) is 81.6 Å². The van der Waals surface area contributed by atoms with Gasteiger partial charge in [0.15, 0.2) is 11.5 Å². The fraction of sp³-hybridized carbons (Fsp3) is 0.692. The minimum atomic E-state index is -0.0866. The van der Waals surface area contributed by atoms with E-state index in [1.54, 1.807) is 13.2 Å². The predicted molar refractivity (Wildman–Crippen MR) is 69.4 cm³/mol. The lowest BCUT2D eigenvalue weighted by atomic mass is 9.87. The molecule has 0 spiro atoms. The van der Waals surface area contributed by atoms with Crippen LogP contribution in [0.5, 0.6) is 0 Å². The van der Waals surface area contributed by atoms with Gasteiger partial charge in [0.25, 0.3) is 5.91 Å². The van der Waals surface area contributed by atoms with Crippen LogP contribution < -0.4 is 5.73 Å². The third-order valence-corrected chi connectivity index (χ3v) is 3.77. The molecule has 106 valence electrons. The Labute approximate surface area is 112 Å². The molecule has 1 aliphatic heterocycles. The molecule has 1 aromatic rings. The van der Waals surface area contributed by atoms with Gasteiger partial charge in [-0.05, 0) is 24.8 Å². The van der Waals surface area contributed by atoms with Crippen LogP contribution in [0.25, 0.3) is 0 Å². The highest BCUT2D eigenvalue weighted by Gasteiger charge is 2.29. The van der Waals surface area contributed by atoms with Crippen molar-refractivity contribution in [3.05, 3.63) is 17.5 Å². The molecule has 2 unspecified atom stereocenters. The van der Waals surface area contributed by atoms with Gasteiger partial charge in [-0.2, -0.15) is 0 Å². The summed E-state index contributed by atoms with van der Waals surface area (Å²) in [7, 11) is 1.57. The fourth-order valence-electron chi connectivity index (χ4n) is 2.43. The predicted octanol–water partition coefficient (Wildman–Crippen LogP) is 0.878. The van der Waals surface area contributed by atoms with Crippen LogP contribution in [0, 0.1) is 11.8 Å². The molecular weight excluding hydrogens is 246 g/mol. The van der Waals surface area contributed by atoms with E-state index in [1.165, 1.54) is 0 Å². The van der Waals surface area contributed by atoms with Crippen LogP contribution in [-0.2, 0) is 11.3 Å². The number of aromatic nitrogens is 1. The number of hydrogen-bond donors (Lipinski definition) is 1. The van der Waals surface area contributed by atoms with E-state index in [2.05, 4.69) is 12.1 Å². The molecule has 0 radical (unpaired) electrons. The smallest absolute Gasteiger partial charge is 0.276 e. The van der Waals surface area contributed by atoms with Gasteiger partial charge < -0.3 is 19.9 Å². The maximum Gasteiger partial charge on any atom is 0.276 e. The largest absolute Gasteiger partial charge is 0.377 e. The summed E-state index contributed by atoms with van der Waals surface area (Å²) >= 11 is 0. The molecule has 6 nitrogen and oxygen atoms in total. The summed E-state index contributed by atoms with van der Waals surface area (Å²) in [5.41, 5.74) is 6.09. The first-order valence-electron chi connectivity index (χ1n) is 6.59. The summed E-state index contributed by atoms with van der Waals surface area (Å²) in [4.78, 5) is 14.1. The van der Waals surface area contributed by atoms with Crippen LogP contribution in [-0.4, -0.2) is 42.7 Å². The number of ether oxygens (including phenoxy) is 1. The number of nitrogens with two attached hydrogens (primary N) is 1. The number of carbonyl (C=O) groups is 1. The first-order chi connectivity index (χ1) is 9.15. The molecule has 2 N–H and O–H groups in total. The normalized spacial score (nSPS) is 23.6. The van der Waals surface area contributed by atoms with Crippen molar-refractivity contribution >= 4 is 5.91 Å². The van der Waals surface area contributed by atoms with E-state index in [9.17, 15) is 4.79 Å². The van der Waals surface area contributed by atoms with Crippen molar-refractivity contribution in [2.24, 2.45) is 17.6 Å². The lowest BCUT2D eigenvalue weighted by Gasteiger charge is -2.36. The molecule has 6 heteroatoms. The lowest BCUT2D eigenvalue weighted by Crippen LogP contribution is -2.45. The second-order valence-electron chi connectivity index (χ2n) is 5.12. The van der Waals surface area contributed by atoms with Crippen LogP contribution in [0.2, 0.25) is 0 Å². The van der Waals surface area contributed by atoms with Gasteiger partial charge in [-0.1, -0.05) is 12.1 Å². The van der Waals surface area contributed by atoms with Crippen molar-refractivity contribution in [1.29, 1.82) is 0 Å². The summed E-state index contributed by atoms with van der Waals surface area (Å²) in [6, 6.07) is 1.64. The zero-order chi connectivity index (χ0) is 13.8. The fourth-order valence-corrected chi connectivity index (χ4v) is 2.43. The first kappa shape index (κ1) is 14.0. The number of piperidine rings is 1. The Kier molecular flexibility index (Phi) is 4.55. The van der Waals surface area contributed by atoms with Crippen molar-refractivity contribution in [3.8, 4) is 0 Å². The molecule has 0 bridgehead atoms. The number of methoxy groups -OCH3 is 1. The number of amides is 1. The third kappa shape index (κ3) is 3.13. The second-order valence-corrected chi connectivity index (χ2v) is 5.12. The molecule has 2 atom stereocenters. The molecule has 2 heterocycles. The Hall–Kier alpha value is -1.40. The Morgan fingerprint density at radius 3 is 3.16 bits per heavy atom. The van der Waals surface area contributed by atoms with E-state index < -0.39 is 0 Å². The molecule has 2 rings (SSSR count). The van der Waals surface area contributed by atoms with Crippen LogP contribution in [0.4, 0.5) is 0 Å². The Bertz CT molecular complexity index is 433. The van der Waals surface area contributed by atoms with Gasteiger partial charge in [-0.15, -0.1) is 0 Å². The van der Waals surface area contributed by atoms with Gasteiger partial charge in [0.1, 0.15) is 6.61 Å². The van der Waals surface area contributed by atoms with Crippen molar-refractivity contribution in [2.75, 3.05) is 26.7 Å². The standard InChI is InChI=1S/C13H21N3O3/c1-9-3-4-16(7-10(9)6-14)13(17)12-5-11(8-18-2)19-15-12/h5,9-10H,3-4,6-8,14H2,1-2H3. The van der Waals surface area contributed by atoms with E-state index in [4.69, 9.17) is 15.0 Å². The van der Waals surface area contributed by atoms with Crippen LogP contribution in [0.3, 0.4) is 0 Å². The van der Waals surface area contributed by atoms with Crippen molar-refractivity contribution in [2.45, 2.75) is 20.0 Å². The molecule has 0 saturated carbocycles. The second kappa shape index (κ2) is 6.16. The van der Waals surface area contributed by atoms with Crippen molar-refractivity contribution in [3.63, 3.8) is 0 Å². The molecule has 1 saturated heterocycles. The Morgan fingerprint density at radius 1 is 1.68 bits per heavy atom. The molecule has 0 aromatic carbocycles. The van der Waals surface area contributed by atoms with Gasteiger partial charge in [0.05, 0.1) is 0 Å². The average molecular weight is 267 g/mol. The van der Waals surface area contributed by atoms with Gasteiger partial charge in [-0.25, -0.2) is 0 Å². The van der Waals surface area contributed by atoms with E-state index in [0.29, 0.717) is 43.0 Å². The first-order valence-corrected chi connectivity index (χ1v) is 6.59. The SMILES string of the molecule is COCc1cc(C(=O)N2CCC(C)C(CN)C2)no1. The summed E-state index contributed by atoms with van der Waals surface area (Å²) in [6.07, 6.45) is 0.983. The Morgan fingerprint density at radius 2 is 2.47 bits per heavy atom. The summed E-state index contributed by atoms with van der Waals surface area (Å²) in [5.74, 6) is 1.40. The number of carbonyl (C=O) groups excluding carboxylic acids is 1. The molecule has 1 fully saturated rings. The molecule has 19 heavy (non-hydrogen) atoms. The number of likely N-dealkylation sites (tertiary alicyclic amines) is 1. The highest BCUT2D eigenvalue weighted by Crippen LogP contribution is 2.23. The molecule has 1 aliphatic rings. The Balaban J connectivity index is 2.02. The van der Waals surface area contributed by atoms with Crippen LogP contribution in [0.1, 0.15) is 29.6 Å². The summed E-state index contributed by atoms with van der Waals surface area (Å²) in [6.45, 7) is 4.57. The van der Waals surface area contributed by atoms with Crippen LogP contribution in [0.15, 0.2) is 10.6 Å². The summed E-state index contributed by atoms with van der Waals surface area (Å²) in [5, 5.41) is 3.80. The minimum absolute atomic E-state index is 0.0866. The maximum atomic E-state index is 12.3. The highest BCUT2D eigenvalue weighted by molar-refractivity contribution is 5.92. The van der Waals surface area contributed by atoms with Crippen LogP contribution >= 0.6 is 0 Å². The number of rotatable bonds is 4. The third-order valence-electron chi connectivity index (χ3n) is 3.77. The monoisotopic (exact) mass is 267 g/mol.